The summed E-state index contributed by atoms with van der Waals surface area (Å²) in [6.07, 6.45) is 2.79. The van der Waals surface area contributed by atoms with Crippen LogP contribution in [0, 0.1) is 11.8 Å². The van der Waals surface area contributed by atoms with Gasteiger partial charge in [-0.1, -0.05) is 34.9 Å². The maximum absolute atomic E-state index is 13.5. The highest BCUT2D eigenvalue weighted by atomic mass is 35.5. The molecule has 176 valence electrons. The summed E-state index contributed by atoms with van der Waals surface area (Å²) >= 11 is 12.1. The number of ether oxygens (including phenoxy) is 1. The van der Waals surface area contributed by atoms with E-state index in [1.807, 2.05) is 13.0 Å². The highest BCUT2D eigenvalue weighted by Crippen LogP contribution is 2.38. The Morgan fingerprint density at radius 3 is 2.29 bits per heavy atom. The molecule has 1 aliphatic heterocycles. The van der Waals surface area contributed by atoms with Crippen molar-refractivity contribution in [1.29, 1.82) is 0 Å². The Morgan fingerprint density at radius 1 is 1.00 bits per heavy atom. The first-order valence-electron chi connectivity index (χ1n) is 10.7. The molecule has 34 heavy (non-hydrogen) atoms. The summed E-state index contributed by atoms with van der Waals surface area (Å²) in [4.78, 5) is 53.2. The molecule has 9 heteroatoms. The third-order valence-corrected chi connectivity index (χ3v) is 6.89. The van der Waals surface area contributed by atoms with Gasteiger partial charge in [0.25, 0.3) is 17.7 Å². The fourth-order valence-electron chi connectivity index (χ4n) is 4.27. The van der Waals surface area contributed by atoms with E-state index >= 15 is 0 Å². The Hall–Kier alpha value is -3.16. The van der Waals surface area contributed by atoms with Gasteiger partial charge in [-0.05, 0) is 62.2 Å². The second-order valence-corrected chi connectivity index (χ2v) is 9.15. The van der Waals surface area contributed by atoms with Crippen molar-refractivity contribution >= 4 is 46.7 Å². The van der Waals surface area contributed by atoms with Gasteiger partial charge in [-0.2, -0.15) is 5.01 Å². The molecule has 2 aromatic rings. The van der Waals surface area contributed by atoms with E-state index in [0.717, 1.165) is 15.6 Å². The van der Waals surface area contributed by atoms with Crippen LogP contribution in [0.3, 0.4) is 0 Å². The van der Waals surface area contributed by atoms with E-state index < -0.39 is 41.9 Å². The number of nitrogens with zero attached hydrogens (tertiary/aromatic N) is 2. The Balaban J connectivity index is 1.69. The van der Waals surface area contributed by atoms with Crippen molar-refractivity contribution in [2.24, 2.45) is 11.8 Å². The van der Waals surface area contributed by atoms with E-state index in [9.17, 15) is 19.2 Å². The zero-order valence-corrected chi connectivity index (χ0v) is 20.1. The second-order valence-electron chi connectivity index (χ2n) is 8.33. The van der Waals surface area contributed by atoms with Crippen LogP contribution in [0.2, 0.25) is 10.0 Å². The van der Waals surface area contributed by atoms with Crippen LogP contribution in [0.5, 0.6) is 5.75 Å². The van der Waals surface area contributed by atoms with Gasteiger partial charge in [-0.3, -0.25) is 19.2 Å². The van der Waals surface area contributed by atoms with Crippen LogP contribution in [-0.4, -0.2) is 47.2 Å². The first kappa shape index (κ1) is 24.0. The molecule has 4 rings (SSSR count). The van der Waals surface area contributed by atoms with Crippen molar-refractivity contribution in [3.05, 3.63) is 75.3 Å². The number of fused-ring (bicyclic) bond motifs is 1. The van der Waals surface area contributed by atoms with Crippen LogP contribution in [0.4, 0.5) is 0 Å². The smallest absolute Gasteiger partial charge is 0.273 e. The lowest BCUT2D eigenvalue weighted by Gasteiger charge is -2.30. The van der Waals surface area contributed by atoms with Crippen molar-refractivity contribution in [2.75, 3.05) is 13.7 Å². The average Bonchev–Trinajstić information content (AvgIpc) is 3.07. The molecule has 2 aliphatic rings. The SMILES string of the molecule is COc1ccc(C(=O)CN(C(=O)c2ccc(Cl)c(Cl)c2)N2C(=O)[C@H]3CC=C(C)C[C@H]3C2=O)cc1. The number of hydrazine groups is 1. The van der Waals surface area contributed by atoms with Crippen LogP contribution in [0.15, 0.2) is 54.1 Å². The number of carbonyl (C=O) groups is 4. The van der Waals surface area contributed by atoms with E-state index in [1.54, 1.807) is 24.3 Å². The Morgan fingerprint density at radius 2 is 1.65 bits per heavy atom. The third kappa shape index (κ3) is 4.45. The molecular weight excluding hydrogens is 479 g/mol. The first-order chi connectivity index (χ1) is 16.2. The summed E-state index contributed by atoms with van der Waals surface area (Å²) < 4.78 is 5.12. The van der Waals surface area contributed by atoms with E-state index in [0.29, 0.717) is 24.2 Å². The molecule has 0 bridgehead atoms. The number of Topliss-reactive ketones (excluding diaryl/α,β-unsaturated/α-hetero) is 1. The molecule has 2 aromatic carbocycles. The summed E-state index contributed by atoms with van der Waals surface area (Å²) in [6, 6.07) is 10.6. The fourth-order valence-corrected chi connectivity index (χ4v) is 4.57. The molecule has 0 N–H and O–H groups in total. The van der Waals surface area contributed by atoms with Gasteiger partial charge in [-0.15, -0.1) is 0 Å². The van der Waals surface area contributed by atoms with Gasteiger partial charge < -0.3 is 4.74 Å². The van der Waals surface area contributed by atoms with Crippen molar-refractivity contribution in [2.45, 2.75) is 19.8 Å². The van der Waals surface area contributed by atoms with E-state index in [2.05, 4.69) is 0 Å². The first-order valence-corrected chi connectivity index (χ1v) is 11.4. The predicted molar refractivity (Wildman–Crippen MR) is 127 cm³/mol. The molecule has 1 heterocycles. The molecular formula is C25H22Cl2N2O5. The minimum atomic E-state index is -0.703. The van der Waals surface area contributed by atoms with Gasteiger partial charge in [-0.25, -0.2) is 5.01 Å². The molecule has 0 radical (unpaired) electrons. The summed E-state index contributed by atoms with van der Waals surface area (Å²) in [6.45, 7) is 1.40. The number of methoxy groups -OCH3 is 1. The minimum absolute atomic E-state index is 0.0988. The Labute approximate surface area is 206 Å². The standard InChI is InChI=1S/C25H22Cl2N2O5/c1-14-3-9-18-19(11-14)25(33)29(24(18)32)28(23(31)16-6-10-20(26)21(27)12-16)13-22(30)15-4-7-17(34-2)8-5-15/h3-8,10,12,18-19H,9,11,13H2,1-2H3/t18-,19+/m0/s1. The van der Waals surface area contributed by atoms with Crippen LogP contribution in [-0.2, 0) is 9.59 Å². The van der Waals surface area contributed by atoms with Gasteiger partial charge in [0.05, 0.1) is 29.0 Å². The molecule has 0 saturated carbocycles. The summed E-state index contributed by atoms with van der Waals surface area (Å²) in [5.74, 6) is -2.68. The van der Waals surface area contributed by atoms with Gasteiger partial charge in [0.15, 0.2) is 5.78 Å². The number of rotatable bonds is 6. The predicted octanol–water partition coefficient (Wildman–Crippen LogP) is 4.58. The zero-order valence-electron chi connectivity index (χ0n) is 18.6. The fraction of sp³-hybridized carbons (Fsp3) is 0.280. The normalized spacial score (nSPS) is 19.5. The van der Waals surface area contributed by atoms with Crippen LogP contribution < -0.4 is 4.74 Å². The lowest BCUT2D eigenvalue weighted by Crippen LogP contribution is -2.52. The van der Waals surface area contributed by atoms with Crippen LogP contribution >= 0.6 is 23.2 Å². The van der Waals surface area contributed by atoms with Gasteiger partial charge in [0, 0.05) is 11.1 Å². The van der Waals surface area contributed by atoms with E-state index in [1.165, 1.54) is 25.3 Å². The Bertz CT molecular complexity index is 1210. The molecule has 3 amide bonds. The topological polar surface area (TPSA) is 84.0 Å². The van der Waals surface area contributed by atoms with Crippen LogP contribution in [0.25, 0.3) is 0 Å². The number of imide groups is 1. The number of benzene rings is 2. The van der Waals surface area contributed by atoms with Crippen molar-refractivity contribution in [3.63, 3.8) is 0 Å². The van der Waals surface area contributed by atoms with Crippen LogP contribution in [0.1, 0.15) is 40.5 Å². The van der Waals surface area contributed by atoms with Crippen molar-refractivity contribution in [3.8, 4) is 5.75 Å². The molecule has 0 unspecified atom stereocenters. The highest BCUT2D eigenvalue weighted by molar-refractivity contribution is 6.42. The zero-order chi connectivity index (χ0) is 24.6. The molecule has 1 fully saturated rings. The maximum Gasteiger partial charge on any atom is 0.273 e. The summed E-state index contributed by atoms with van der Waals surface area (Å²) in [5, 5.41) is 2.15. The van der Waals surface area contributed by atoms with E-state index in [4.69, 9.17) is 27.9 Å². The minimum Gasteiger partial charge on any atom is -0.497 e. The largest absolute Gasteiger partial charge is 0.497 e. The number of carbonyl (C=O) groups excluding carboxylic acids is 4. The second kappa shape index (κ2) is 9.60. The van der Waals surface area contributed by atoms with E-state index in [-0.39, 0.29) is 15.6 Å². The molecule has 2 atom stereocenters. The molecule has 0 spiro atoms. The number of allylic oxidation sites excluding steroid dienone is 2. The number of ketones is 1. The van der Waals surface area contributed by atoms with Gasteiger partial charge >= 0.3 is 0 Å². The number of halogens is 2. The van der Waals surface area contributed by atoms with Crippen molar-refractivity contribution < 1.29 is 23.9 Å². The van der Waals surface area contributed by atoms with Gasteiger partial charge in [0.1, 0.15) is 12.3 Å². The Kier molecular flexibility index (Phi) is 6.77. The molecule has 1 aliphatic carbocycles. The monoisotopic (exact) mass is 500 g/mol. The number of hydrogen-bond acceptors (Lipinski definition) is 5. The molecule has 1 saturated heterocycles. The molecule has 7 nitrogen and oxygen atoms in total. The summed E-state index contributed by atoms with van der Waals surface area (Å²) in [7, 11) is 1.51. The highest BCUT2D eigenvalue weighted by Gasteiger charge is 2.51. The molecule has 0 aromatic heterocycles. The lowest BCUT2D eigenvalue weighted by atomic mass is 9.82. The third-order valence-electron chi connectivity index (χ3n) is 6.15. The summed E-state index contributed by atoms with van der Waals surface area (Å²) in [5.41, 5.74) is 1.42. The average molecular weight is 501 g/mol. The quantitative estimate of drug-likeness (QED) is 0.329. The van der Waals surface area contributed by atoms with Gasteiger partial charge in [0.2, 0.25) is 0 Å². The maximum atomic E-state index is 13.5. The number of amides is 3. The van der Waals surface area contributed by atoms with Crippen molar-refractivity contribution in [1.82, 2.24) is 10.0 Å². The lowest BCUT2D eigenvalue weighted by molar-refractivity contribution is -0.154. The number of hydrogen-bond donors (Lipinski definition) is 0.